The average molecular weight is 303 g/mol. The molecule has 1 aliphatic rings. The van der Waals surface area contributed by atoms with Crippen molar-refractivity contribution < 1.29 is 4.39 Å². The van der Waals surface area contributed by atoms with Gasteiger partial charge in [0.1, 0.15) is 5.82 Å². The second-order valence-corrected chi connectivity index (χ2v) is 5.45. The molecule has 1 aliphatic heterocycles. The maximum Gasteiger partial charge on any atom is 0.147 e. The van der Waals surface area contributed by atoms with Crippen molar-refractivity contribution in [1.29, 1.82) is 0 Å². The number of hydrogen-bond donors (Lipinski definition) is 1. The van der Waals surface area contributed by atoms with Gasteiger partial charge in [0.15, 0.2) is 0 Å². The van der Waals surface area contributed by atoms with Gasteiger partial charge in [-0.1, -0.05) is 29.8 Å². The van der Waals surface area contributed by atoms with Crippen molar-refractivity contribution in [3.63, 3.8) is 0 Å². The lowest BCUT2D eigenvalue weighted by molar-refractivity contribution is 0.617. The van der Waals surface area contributed by atoms with Gasteiger partial charge in [-0.25, -0.2) is 4.39 Å². The predicted molar refractivity (Wildman–Crippen MR) is 86.4 cm³/mol. The number of nitrogens with one attached hydrogen (secondary N) is 1. The van der Waals surface area contributed by atoms with E-state index >= 15 is 0 Å². The van der Waals surface area contributed by atoms with E-state index < -0.39 is 0 Å². The van der Waals surface area contributed by atoms with Gasteiger partial charge < -0.3 is 10.2 Å². The van der Waals surface area contributed by atoms with E-state index in [4.69, 9.17) is 11.6 Å². The van der Waals surface area contributed by atoms with Gasteiger partial charge in [-0.3, -0.25) is 0 Å². The van der Waals surface area contributed by atoms with Gasteiger partial charge >= 0.3 is 0 Å². The second-order valence-electron chi connectivity index (χ2n) is 5.01. The molecule has 0 amide bonds. The minimum Gasteiger partial charge on any atom is -0.365 e. The number of halogens is 2. The van der Waals surface area contributed by atoms with Crippen LogP contribution in [0.3, 0.4) is 0 Å². The third kappa shape index (κ3) is 3.37. The molecular formula is C17H16ClFN2. The van der Waals surface area contributed by atoms with Crippen molar-refractivity contribution in [1.82, 2.24) is 0 Å². The highest BCUT2D eigenvalue weighted by atomic mass is 35.5. The third-order valence-electron chi connectivity index (χ3n) is 3.54. The summed E-state index contributed by atoms with van der Waals surface area (Å²) < 4.78 is 13.9. The van der Waals surface area contributed by atoms with E-state index in [1.54, 1.807) is 12.1 Å². The minimum absolute atomic E-state index is 0.268. The van der Waals surface area contributed by atoms with Crippen LogP contribution in [0.1, 0.15) is 6.42 Å². The van der Waals surface area contributed by atoms with Crippen LogP contribution >= 0.6 is 11.6 Å². The normalized spacial score (nSPS) is 14.8. The molecule has 0 unspecified atom stereocenters. The van der Waals surface area contributed by atoms with Crippen molar-refractivity contribution >= 4 is 23.0 Å². The van der Waals surface area contributed by atoms with Crippen molar-refractivity contribution in [2.75, 3.05) is 23.3 Å². The van der Waals surface area contributed by atoms with Crippen LogP contribution in [-0.4, -0.2) is 13.1 Å². The fourth-order valence-corrected chi connectivity index (χ4v) is 2.60. The molecule has 108 valence electrons. The molecule has 0 atom stereocenters. The van der Waals surface area contributed by atoms with Gasteiger partial charge in [0.2, 0.25) is 0 Å². The Morgan fingerprint density at radius 3 is 2.57 bits per heavy atom. The molecule has 0 saturated carbocycles. The van der Waals surface area contributed by atoms with E-state index in [1.807, 2.05) is 35.2 Å². The van der Waals surface area contributed by atoms with Crippen LogP contribution in [0, 0.1) is 5.82 Å². The molecule has 0 bridgehead atoms. The first-order valence-electron chi connectivity index (χ1n) is 6.93. The highest BCUT2D eigenvalue weighted by Gasteiger charge is 2.15. The Morgan fingerprint density at radius 2 is 1.90 bits per heavy atom. The number of nitrogens with zero attached hydrogens (tertiary/aromatic N) is 1. The molecular weight excluding hydrogens is 287 g/mol. The molecule has 1 N–H and O–H groups in total. The number of rotatable bonds is 3. The van der Waals surface area contributed by atoms with Gasteiger partial charge in [-0.2, -0.15) is 0 Å². The summed E-state index contributed by atoms with van der Waals surface area (Å²) in [5.74, 6) is -0.268. The molecule has 0 fully saturated rings. The summed E-state index contributed by atoms with van der Waals surface area (Å²) in [6, 6.07) is 14.9. The first-order valence-corrected chi connectivity index (χ1v) is 7.31. The van der Waals surface area contributed by atoms with Crippen LogP contribution in [-0.2, 0) is 0 Å². The lowest BCUT2D eigenvalue weighted by atomic mass is 10.1. The van der Waals surface area contributed by atoms with E-state index in [2.05, 4.69) is 11.4 Å². The van der Waals surface area contributed by atoms with Crippen LogP contribution in [0.2, 0.25) is 5.02 Å². The van der Waals surface area contributed by atoms with Crippen molar-refractivity contribution in [3.05, 3.63) is 71.1 Å². The monoisotopic (exact) mass is 302 g/mol. The van der Waals surface area contributed by atoms with Crippen LogP contribution in [0.25, 0.3) is 0 Å². The number of hydrogen-bond acceptors (Lipinski definition) is 2. The zero-order valence-corrected chi connectivity index (χ0v) is 12.3. The summed E-state index contributed by atoms with van der Waals surface area (Å²) in [4.78, 5) is 2.02. The fourth-order valence-electron chi connectivity index (χ4n) is 2.45. The van der Waals surface area contributed by atoms with Gasteiger partial charge in [-0.15, -0.1) is 0 Å². The van der Waals surface area contributed by atoms with Crippen molar-refractivity contribution in [2.24, 2.45) is 0 Å². The Kier molecular flexibility index (Phi) is 4.11. The van der Waals surface area contributed by atoms with Crippen molar-refractivity contribution in [3.8, 4) is 0 Å². The molecule has 0 spiro atoms. The van der Waals surface area contributed by atoms with E-state index in [0.717, 1.165) is 18.7 Å². The summed E-state index contributed by atoms with van der Waals surface area (Å²) in [5.41, 5.74) is 2.86. The lowest BCUT2D eigenvalue weighted by Crippen LogP contribution is -2.30. The zero-order valence-electron chi connectivity index (χ0n) is 11.5. The summed E-state index contributed by atoms with van der Waals surface area (Å²) in [6.45, 7) is 1.47. The number of anilines is 2. The molecule has 0 aliphatic carbocycles. The van der Waals surface area contributed by atoms with E-state index in [-0.39, 0.29) is 5.82 Å². The largest absolute Gasteiger partial charge is 0.365 e. The minimum atomic E-state index is -0.268. The van der Waals surface area contributed by atoms with Crippen LogP contribution < -0.4 is 10.2 Å². The number of benzene rings is 2. The van der Waals surface area contributed by atoms with Crippen LogP contribution in [0.5, 0.6) is 0 Å². The van der Waals surface area contributed by atoms with Crippen LogP contribution in [0.15, 0.2) is 60.3 Å². The zero-order chi connectivity index (χ0) is 14.7. The first kappa shape index (κ1) is 14.0. The maximum absolute atomic E-state index is 13.9. The summed E-state index contributed by atoms with van der Waals surface area (Å²) >= 11 is 5.79. The molecule has 0 radical (unpaired) electrons. The van der Waals surface area contributed by atoms with Gasteiger partial charge in [0, 0.05) is 35.9 Å². The Morgan fingerprint density at radius 1 is 1.10 bits per heavy atom. The molecule has 1 heterocycles. The summed E-state index contributed by atoms with van der Waals surface area (Å²) in [5, 5.41) is 3.82. The molecule has 3 rings (SSSR count). The van der Waals surface area contributed by atoms with Crippen molar-refractivity contribution in [2.45, 2.75) is 6.42 Å². The molecule has 2 aromatic rings. The molecule has 0 aromatic heterocycles. The van der Waals surface area contributed by atoms with E-state index in [9.17, 15) is 4.39 Å². The highest BCUT2D eigenvalue weighted by molar-refractivity contribution is 6.30. The van der Waals surface area contributed by atoms with Gasteiger partial charge in [0.05, 0.1) is 5.69 Å². The Labute approximate surface area is 128 Å². The maximum atomic E-state index is 13.9. The fraction of sp³-hybridized carbons (Fsp3) is 0.176. The van der Waals surface area contributed by atoms with Gasteiger partial charge in [-0.05, 0) is 36.4 Å². The average Bonchev–Trinajstić information content (AvgIpc) is 2.49. The van der Waals surface area contributed by atoms with E-state index in [1.165, 1.54) is 11.8 Å². The van der Waals surface area contributed by atoms with E-state index in [0.29, 0.717) is 17.3 Å². The highest BCUT2D eigenvalue weighted by Crippen LogP contribution is 2.25. The number of para-hydroxylation sites is 1. The Bertz CT molecular complexity index is 655. The summed E-state index contributed by atoms with van der Waals surface area (Å²) in [7, 11) is 0. The molecule has 4 heteroatoms. The Balaban J connectivity index is 1.69. The third-order valence-corrected chi connectivity index (χ3v) is 3.77. The molecule has 21 heavy (non-hydrogen) atoms. The Hall–Kier alpha value is -2.00. The van der Waals surface area contributed by atoms with Crippen LogP contribution in [0.4, 0.5) is 15.8 Å². The predicted octanol–water partition coefficient (Wildman–Crippen LogP) is 4.69. The summed E-state index contributed by atoms with van der Waals surface area (Å²) in [6.07, 6.45) is 2.96. The molecule has 0 saturated heterocycles. The molecule has 2 nitrogen and oxygen atoms in total. The molecule has 2 aromatic carbocycles. The SMILES string of the molecule is Fc1cc(Cl)ccc1N1CC=C(Nc2ccccc2)CC1. The smallest absolute Gasteiger partial charge is 0.147 e. The lowest BCUT2D eigenvalue weighted by Gasteiger charge is -2.29. The van der Waals surface area contributed by atoms with Gasteiger partial charge in [0.25, 0.3) is 0 Å². The topological polar surface area (TPSA) is 15.3 Å². The second kappa shape index (κ2) is 6.19. The standard InChI is InChI=1S/C17H16ClFN2/c18-13-6-7-17(16(19)12-13)21-10-8-15(9-11-21)20-14-4-2-1-3-5-14/h1-8,12,20H,9-11H2. The quantitative estimate of drug-likeness (QED) is 0.885. The first-order chi connectivity index (χ1) is 10.2.